The molecular weight excluding hydrogens is 326 g/mol. The monoisotopic (exact) mass is 349 g/mol. The molecule has 1 amide bonds. The molecule has 1 aromatic heterocycles. The molecule has 134 valence electrons. The van der Waals surface area contributed by atoms with Gasteiger partial charge in [0.1, 0.15) is 11.6 Å². The number of likely N-dealkylation sites (tertiary alicyclic amines) is 1. The minimum absolute atomic E-state index is 0.132. The van der Waals surface area contributed by atoms with Crippen LogP contribution in [0.4, 0.5) is 5.69 Å². The van der Waals surface area contributed by atoms with Crippen LogP contribution in [0.15, 0.2) is 52.9 Å². The first kappa shape index (κ1) is 16.6. The second kappa shape index (κ2) is 7.20. The number of amides is 1. The molecule has 0 spiro atoms. The van der Waals surface area contributed by atoms with Crippen LogP contribution in [0.2, 0.25) is 0 Å². The average molecular weight is 349 g/mol. The van der Waals surface area contributed by atoms with Gasteiger partial charge in [0.25, 0.3) is 0 Å². The molecule has 4 rings (SSSR count). The van der Waals surface area contributed by atoms with Crippen LogP contribution in [0.5, 0.6) is 0 Å². The lowest BCUT2D eigenvalue weighted by atomic mass is 10.0. The highest BCUT2D eigenvalue weighted by Gasteiger charge is 2.27. The number of rotatable bonds is 4. The van der Waals surface area contributed by atoms with E-state index >= 15 is 0 Å². The molecule has 1 aliphatic heterocycles. The topological polar surface area (TPSA) is 58.4 Å². The molecule has 2 aromatic carbocycles. The molecule has 2 heterocycles. The molecule has 3 aromatic rings. The van der Waals surface area contributed by atoms with Gasteiger partial charge in [0.2, 0.25) is 5.91 Å². The molecular formula is C21H23N3O2. The van der Waals surface area contributed by atoms with Crippen LogP contribution in [0.25, 0.3) is 11.1 Å². The predicted octanol–water partition coefficient (Wildman–Crippen LogP) is 4.30. The third kappa shape index (κ3) is 3.43. The van der Waals surface area contributed by atoms with Gasteiger partial charge in [0.15, 0.2) is 11.5 Å². The summed E-state index contributed by atoms with van der Waals surface area (Å²) in [4.78, 5) is 19.6. The van der Waals surface area contributed by atoms with Crippen molar-refractivity contribution in [3.8, 4) is 0 Å². The van der Waals surface area contributed by atoms with Crippen molar-refractivity contribution in [3.63, 3.8) is 0 Å². The second-order valence-corrected chi connectivity index (χ2v) is 6.79. The van der Waals surface area contributed by atoms with Gasteiger partial charge in [-0.15, -0.1) is 0 Å². The number of oxazole rings is 1. The Bertz CT molecular complexity index is 898. The van der Waals surface area contributed by atoms with E-state index in [9.17, 15) is 4.79 Å². The number of anilines is 1. The highest BCUT2D eigenvalue weighted by atomic mass is 16.3. The number of aromatic nitrogens is 1. The Hall–Kier alpha value is -2.82. The van der Waals surface area contributed by atoms with Crippen LogP contribution in [0, 0.1) is 6.92 Å². The van der Waals surface area contributed by atoms with E-state index in [4.69, 9.17) is 4.42 Å². The largest absolute Gasteiger partial charge is 0.441 e. The number of hydrogen-bond acceptors (Lipinski definition) is 4. The molecule has 26 heavy (non-hydrogen) atoms. The summed E-state index contributed by atoms with van der Waals surface area (Å²) in [6.45, 7) is 3.51. The van der Waals surface area contributed by atoms with Crippen LogP contribution in [-0.2, 0) is 4.79 Å². The van der Waals surface area contributed by atoms with E-state index in [1.54, 1.807) is 0 Å². The zero-order chi connectivity index (χ0) is 17.9. The minimum Gasteiger partial charge on any atom is -0.441 e. The fraction of sp³-hybridized carbons (Fsp3) is 0.333. The second-order valence-electron chi connectivity index (χ2n) is 6.79. The first-order chi connectivity index (χ1) is 12.7. The summed E-state index contributed by atoms with van der Waals surface area (Å²) in [5.41, 5.74) is 3.39. The SMILES string of the molecule is Cc1nc2cc(N[C@H](C(=O)N3CCCCC3)c3ccccc3)ccc2o1. The summed E-state index contributed by atoms with van der Waals surface area (Å²) in [6, 6.07) is 15.3. The van der Waals surface area contributed by atoms with E-state index in [0.29, 0.717) is 5.89 Å². The van der Waals surface area contributed by atoms with Gasteiger partial charge in [-0.1, -0.05) is 30.3 Å². The van der Waals surface area contributed by atoms with Crippen molar-refractivity contribution in [2.24, 2.45) is 0 Å². The first-order valence-electron chi connectivity index (χ1n) is 9.18. The number of fused-ring (bicyclic) bond motifs is 1. The molecule has 0 radical (unpaired) electrons. The van der Waals surface area contributed by atoms with E-state index in [-0.39, 0.29) is 5.91 Å². The third-order valence-electron chi connectivity index (χ3n) is 4.85. The molecule has 5 heteroatoms. The zero-order valence-electron chi connectivity index (χ0n) is 14.9. The van der Waals surface area contributed by atoms with Gasteiger partial charge in [0.05, 0.1) is 0 Å². The molecule has 1 saturated heterocycles. The van der Waals surface area contributed by atoms with Crippen LogP contribution in [-0.4, -0.2) is 28.9 Å². The highest BCUT2D eigenvalue weighted by molar-refractivity contribution is 5.87. The van der Waals surface area contributed by atoms with Crippen LogP contribution in [0.1, 0.15) is 36.8 Å². The summed E-state index contributed by atoms with van der Waals surface area (Å²) in [6.07, 6.45) is 3.37. The maximum Gasteiger partial charge on any atom is 0.249 e. The van der Waals surface area contributed by atoms with E-state index < -0.39 is 6.04 Å². The minimum atomic E-state index is -0.403. The van der Waals surface area contributed by atoms with Crippen molar-refractivity contribution >= 4 is 22.7 Å². The number of nitrogens with zero attached hydrogens (tertiary/aromatic N) is 2. The molecule has 0 unspecified atom stereocenters. The van der Waals surface area contributed by atoms with Crippen molar-refractivity contribution < 1.29 is 9.21 Å². The number of carbonyl (C=O) groups is 1. The van der Waals surface area contributed by atoms with E-state index in [1.165, 1.54) is 6.42 Å². The summed E-state index contributed by atoms with van der Waals surface area (Å²) < 4.78 is 5.54. The summed E-state index contributed by atoms with van der Waals surface area (Å²) in [5, 5.41) is 3.42. The Labute approximate surface area is 153 Å². The van der Waals surface area contributed by atoms with E-state index in [1.807, 2.05) is 60.4 Å². The molecule has 0 aliphatic carbocycles. The molecule has 0 saturated carbocycles. The normalized spacial score (nSPS) is 15.8. The van der Waals surface area contributed by atoms with Crippen LogP contribution >= 0.6 is 0 Å². The van der Waals surface area contributed by atoms with Gasteiger partial charge in [-0.25, -0.2) is 4.98 Å². The Morgan fingerprint density at radius 2 is 1.88 bits per heavy atom. The van der Waals surface area contributed by atoms with Gasteiger partial charge < -0.3 is 14.6 Å². The Morgan fingerprint density at radius 3 is 2.65 bits per heavy atom. The fourth-order valence-electron chi connectivity index (χ4n) is 3.53. The quantitative estimate of drug-likeness (QED) is 0.763. The van der Waals surface area contributed by atoms with Gasteiger partial charge >= 0.3 is 0 Å². The van der Waals surface area contributed by atoms with Crippen molar-refractivity contribution in [2.45, 2.75) is 32.2 Å². The Kier molecular flexibility index (Phi) is 4.61. The van der Waals surface area contributed by atoms with E-state index in [0.717, 1.165) is 48.3 Å². The average Bonchev–Trinajstić information content (AvgIpc) is 3.06. The number of hydrogen-bond donors (Lipinski definition) is 1. The fourth-order valence-corrected chi connectivity index (χ4v) is 3.53. The van der Waals surface area contributed by atoms with Crippen LogP contribution < -0.4 is 5.32 Å². The Morgan fingerprint density at radius 1 is 1.12 bits per heavy atom. The molecule has 1 N–H and O–H groups in total. The van der Waals surface area contributed by atoms with Crippen LogP contribution in [0.3, 0.4) is 0 Å². The van der Waals surface area contributed by atoms with Crippen molar-refractivity contribution in [1.29, 1.82) is 0 Å². The predicted molar refractivity (Wildman–Crippen MR) is 102 cm³/mol. The van der Waals surface area contributed by atoms with Gasteiger partial charge in [0, 0.05) is 25.7 Å². The Balaban J connectivity index is 1.64. The number of benzene rings is 2. The first-order valence-corrected chi connectivity index (χ1v) is 9.18. The maximum atomic E-state index is 13.2. The van der Waals surface area contributed by atoms with Crippen molar-refractivity contribution in [3.05, 3.63) is 60.0 Å². The molecule has 1 aliphatic rings. The lowest BCUT2D eigenvalue weighted by Gasteiger charge is -2.31. The third-order valence-corrected chi connectivity index (χ3v) is 4.85. The summed E-state index contributed by atoms with van der Waals surface area (Å²) in [5.74, 6) is 0.772. The van der Waals surface area contributed by atoms with E-state index in [2.05, 4.69) is 10.3 Å². The molecule has 0 bridgehead atoms. The highest BCUT2D eigenvalue weighted by Crippen LogP contribution is 2.26. The number of carbonyl (C=O) groups excluding carboxylic acids is 1. The standard InChI is InChI=1S/C21H23N3O2/c1-15-22-18-14-17(10-11-19(18)26-15)23-20(16-8-4-2-5-9-16)21(25)24-12-6-3-7-13-24/h2,4-5,8-11,14,20,23H,3,6-7,12-13H2,1H3/t20-/m0/s1. The molecule has 1 fully saturated rings. The summed E-state index contributed by atoms with van der Waals surface area (Å²) >= 11 is 0. The maximum absolute atomic E-state index is 13.2. The van der Waals surface area contributed by atoms with Crippen molar-refractivity contribution in [1.82, 2.24) is 9.88 Å². The van der Waals surface area contributed by atoms with Crippen molar-refractivity contribution in [2.75, 3.05) is 18.4 Å². The molecule has 5 nitrogen and oxygen atoms in total. The number of piperidine rings is 1. The zero-order valence-corrected chi connectivity index (χ0v) is 14.9. The summed E-state index contributed by atoms with van der Waals surface area (Å²) in [7, 11) is 0. The number of nitrogens with one attached hydrogen (secondary N) is 1. The number of aryl methyl sites for hydroxylation is 1. The van der Waals surface area contributed by atoms with Gasteiger partial charge in [-0.2, -0.15) is 0 Å². The smallest absolute Gasteiger partial charge is 0.249 e. The molecule has 1 atom stereocenters. The lowest BCUT2D eigenvalue weighted by Crippen LogP contribution is -2.41. The van der Waals surface area contributed by atoms with Gasteiger partial charge in [-0.05, 0) is 43.0 Å². The van der Waals surface area contributed by atoms with Gasteiger partial charge in [-0.3, -0.25) is 4.79 Å². The lowest BCUT2D eigenvalue weighted by molar-refractivity contribution is -0.133.